The van der Waals surface area contributed by atoms with Crippen LogP contribution >= 0.6 is 12.4 Å². The number of ether oxygens (including phenoxy) is 3. The van der Waals surface area contributed by atoms with E-state index in [9.17, 15) is 0 Å². The monoisotopic (exact) mass is 379 g/mol. The molecule has 4 rings (SSSR count). The number of likely N-dealkylation sites (tertiary alicyclic amines) is 1. The van der Waals surface area contributed by atoms with Crippen molar-refractivity contribution in [1.29, 1.82) is 0 Å². The lowest BCUT2D eigenvalue weighted by Gasteiger charge is -2.37. The fourth-order valence-corrected chi connectivity index (χ4v) is 3.63. The van der Waals surface area contributed by atoms with Gasteiger partial charge in [0.1, 0.15) is 5.82 Å². The summed E-state index contributed by atoms with van der Waals surface area (Å²) in [6, 6.07) is 7.98. The third-order valence-corrected chi connectivity index (χ3v) is 4.97. The largest absolute Gasteiger partial charge is 0.477 e. The first-order valence-electron chi connectivity index (χ1n) is 9.11. The molecule has 142 valence electrons. The molecule has 2 aliphatic rings. The predicted molar refractivity (Wildman–Crippen MR) is 102 cm³/mol. The van der Waals surface area contributed by atoms with Crippen molar-refractivity contribution in [3.63, 3.8) is 0 Å². The molecule has 0 radical (unpaired) electrons. The summed E-state index contributed by atoms with van der Waals surface area (Å²) < 4.78 is 17.5. The van der Waals surface area contributed by atoms with Crippen molar-refractivity contribution < 1.29 is 14.2 Å². The molecule has 2 saturated heterocycles. The predicted octanol–water partition coefficient (Wildman–Crippen LogP) is 2.97. The highest BCUT2D eigenvalue weighted by Crippen LogP contribution is 2.31. The second kappa shape index (κ2) is 8.48. The molecule has 1 aromatic heterocycles. The Hall–Kier alpha value is -1.47. The molecule has 1 aromatic carbocycles. The SMILES string of the molecule is Cc1nc(OCCCN2CCC3(CC2)OCCO3)c2ccccc2n1.Cl. The van der Waals surface area contributed by atoms with E-state index in [4.69, 9.17) is 14.2 Å². The van der Waals surface area contributed by atoms with Crippen molar-refractivity contribution >= 4 is 23.3 Å². The van der Waals surface area contributed by atoms with Crippen LogP contribution in [0.4, 0.5) is 0 Å². The Morgan fingerprint density at radius 2 is 1.85 bits per heavy atom. The number of fused-ring (bicyclic) bond motifs is 1. The van der Waals surface area contributed by atoms with Crippen LogP contribution in [0.15, 0.2) is 24.3 Å². The van der Waals surface area contributed by atoms with Crippen molar-refractivity contribution in [1.82, 2.24) is 14.9 Å². The van der Waals surface area contributed by atoms with E-state index in [-0.39, 0.29) is 18.2 Å². The van der Waals surface area contributed by atoms with E-state index in [0.717, 1.165) is 68.8 Å². The first-order valence-corrected chi connectivity index (χ1v) is 9.11. The van der Waals surface area contributed by atoms with Crippen molar-refractivity contribution in [2.75, 3.05) is 39.5 Å². The molecule has 2 fully saturated rings. The molecule has 0 amide bonds. The van der Waals surface area contributed by atoms with Crippen LogP contribution in [0.25, 0.3) is 10.9 Å². The Morgan fingerprint density at radius 3 is 2.62 bits per heavy atom. The molecule has 3 heterocycles. The summed E-state index contributed by atoms with van der Waals surface area (Å²) >= 11 is 0. The van der Waals surface area contributed by atoms with Crippen molar-refractivity contribution in [3.05, 3.63) is 30.1 Å². The number of halogens is 1. The molecule has 7 heteroatoms. The van der Waals surface area contributed by atoms with Crippen LogP contribution < -0.4 is 4.74 Å². The van der Waals surface area contributed by atoms with Crippen LogP contribution in [-0.2, 0) is 9.47 Å². The molecule has 1 spiro atoms. The molecule has 2 aromatic rings. The Bertz CT molecular complexity index is 727. The van der Waals surface area contributed by atoms with E-state index in [1.807, 2.05) is 31.2 Å². The van der Waals surface area contributed by atoms with Gasteiger partial charge < -0.3 is 19.1 Å². The van der Waals surface area contributed by atoms with Crippen LogP contribution in [0, 0.1) is 6.92 Å². The van der Waals surface area contributed by atoms with Gasteiger partial charge in [0, 0.05) is 32.5 Å². The number of hydrogen-bond acceptors (Lipinski definition) is 6. The molecule has 0 aliphatic carbocycles. The lowest BCUT2D eigenvalue weighted by molar-refractivity contribution is -0.185. The van der Waals surface area contributed by atoms with Gasteiger partial charge in [0.15, 0.2) is 5.79 Å². The molecular weight excluding hydrogens is 354 g/mol. The fourth-order valence-electron chi connectivity index (χ4n) is 3.63. The minimum absolute atomic E-state index is 0. The minimum Gasteiger partial charge on any atom is -0.477 e. The van der Waals surface area contributed by atoms with Crippen LogP contribution in [0.2, 0.25) is 0 Å². The van der Waals surface area contributed by atoms with Gasteiger partial charge >= 0.3 is 0 Å². The first kappa shape index (κ1) is 19.3. The Morgan fingerprint density at radius 1 is 1.12 bits per heavy atom. The summed E-state index contributed by atoms with van der Waals surface area (Å²) in [5.41, 5.74) is 0.933. The smallest absolute Gasteiger partial charge is 0.224 e. The highest BCUT2D eigenvalue weighted by molar-refractivity contribution is 5.85. The molecule has 26 heavy (non-hydrogen) atoms. The van der Waals surface area contributed by atoms with Gasteiger partial charge in [0.25, 0.3) is 0 Å². The standard InChI is InChI=1S/C19H25N3O3.ClH/c1-15-20-17-6-3-2-5-16(17)18(21-15)23-12-4-9-22-10-7-19(8-11-22)24-13-14-25-19;/h2-3,5-6H,4,7-14H2,1H3;1H. The maximum atomic E-state index is 5.96. The number of benzene rings is 1. The first-order chi connectivity index (χ1) is 12.2. The number of para-hydroxylation sites is 1. The second-order valence-electron chi connectivity index (χ2n) is 6.74. The van der Waals surface area contributed by atoms with Gasteiger partial charge in [-0.3, -0.25) is 0 Å². The number of nitrogens with zero attached hydrogens (tertiary/aromatic N) is 3. The maximum Gasteiger partial charge on any atom is 0.224 e. The van der Waals surface area contributed by atoms with Gasteiger partial charge in [-0.05, 0) is 25.5 Å². The lowest BCUT2D eigenvalue weighted by Crippen LogP contribution is -2.45. The van der Waals surface area contributed by atoms with E-state index < -0.39 is 0 Å². The summed E-state index contributed by atoms with van der Waals surface area (Å²) in [6.07, 6.45) is 2.90. The molecule has 0 bridgehead atoms. The third-order valence-electron chi connectivity index (χ3n) is 4.97. The van der Waals surface area contributed by atoms with Crippen LogP contribution in [0.5, 0.6) is 5.88 Å². The van der Waals surface area contributed by atoms with E-state index >= 15 is 0 Å². The number of rotatable bonds is 5. The van der Waals surface area contributed by atoms with Crippen molar-refractivity contribution in [2.45, 2.75) is 32.0 Å². The highest BCUT2D eigenvalue weighted by Gasteiger charge is 2.39. The van der Waals surface area contributed by atoms with Gasteiger partial charge in [0.05, 0.1) is 30.7 Å². The Kier molecular flexibility index (Phi) is 6.29. The number of aryl methyl sites for hydroxylation is 1. The van der Waals surface area contributed by atoms with Crippen LogP contribution in [0.1, 0.15) is 25.1 Å². The van der Waals surface area contributed by atoms with Gasteiger partial charge in [-0.15, -0.1) is 12.4 Å². The summed E-state index contributed by atoms with van der Waals surface area (Å²) in [4.78, 5) is 11.4. The molecule has 2 aliphatic heterocycles. The average Bonchev–Trinajstić information content (AvgIpc) is 3.08. The summed E-state index contributed by atoms with van der Waals surface area (Å²) in [5.74, 6) is 1.14. The van der Waals surface area contributed by atoms with E-state index in [1.165, 1.54) is 0 Å². The zero-order chi connectivity index (χ0) is 17.1. The minimum atomic E-state index is -0.287. The normalized spacial score (nSPS) is 19.6. The van der Waals surface area contributed by atoms with Crippen molar-refractivity contribution in [3.8, 4) is 5.88 Å². The van der Waals surface area contributed by atoms with Crippen LogP contribution in [0.3, 0.4) is 0 Å². The van der Waals surface area contributed by atoms with E-state index in [2.05, 4.69) is 14.9 Å². The van der Waals surface area contributed by atoms with Crippen molar-refractivity contribution in [2.24, 2.45) is 0 Å². The topological polar surface area (TPSA) is 56.7 Å². The molecule has 6 nitrogen and oxygen atoms in total. The molecular formula is C19H26ClN3O3. The van der Waals surface area contributed by atoms with Gasteiger partial charge in [-0.2, -0.15) is 4.98 Å². The number of piperidine rings is 1. The zero-order valence-electron chi connectivity index (χ0n) is 15.1. The van der Waals surface area contributed by atoms with Gasteiger partial charge in [-0.25, -0.2) is 4.98 Å². The Balaban J connectivity index is 0.00000196. The molecule has 0 N–H and O–H groups in total. The van der Waals surface area contributed by atoms with Gasteiger partial charge in [-0.1, -0.05) is 12.1 Å². The molecule has 0 saturated carbocycles. The lowest BCUT2D eigenvalue weighted by atomic mass is 10.0. The van der Waals surface area contributed by atoms with Gasteiger partial charge in [0.2, 0.25) is 5.88 Å². The van der Waals surface area contributed by atoms with Crippen LogP contribution in [-0.4, -0.2) is 60.1 Å². The number of aromatic nitrogens is 2. The maximum absolute atomic E-state index is 5.96. The highest BCUT2D eigenvalue weighted by atomic mass is 35.5. The number of hydrogen-bond donors (Lipinski definition) is 0. The Labute approximate surface area is 160 Å². The fraction of sp³-hybridized carbons (Fsp3) is 0.579. The second-order valence-corrected chi connectivity index (χ2v) is 6.74. The molecule has 0 atom stereocenters. The summed E-state index contributed by atoms with van der Waals surface area (Å²) in [6.45, 7) is 7.11. The van der Waals surface area contributed by atoms with E-state index in [0.29, 0.717) is 12.5 Å². The van der Waals surface area contributed by atoms with E-state index in [1.54, 1.807) is 0 Å². The molecule has 0 unspecified atom stereocenters. The average molecular weight is 380 g/mol. The summed E-state index contributed by atoms with van der Waals surface area (Å²) in [7, 11) is 0. The zero-order valence-corrected chi connectivity index (χ0v) is 16.0. The quantitative estimate of drug-likeness (QED) is 0.744. The summed E-state index contributed by atoms with van der Waals surface area (Å²) in [5, 5.41) is 0.976. The third kappa shape index (κ3) is 4.26.